The van der Waals surface area contributed by atoms with Crippen LogP contribution in [0.15, 0.2) is 24.3 Å². The van der Waals surface area contributed by atoms with Crippen LogP contribution in [-0.2, 0) is 0 Å². The zero-order chi connectivity index (χ0) is 12.4. The molecule has 1 saturated heterocycles. The summed E-state index contributed by atoms with van der Waals surface area (Å²) in [6, 6.07) is 9.85. The van der Waals surface area contributed by atoms with Gasteiger partial charge in [-0.2, -0.15) is 0 Å². The molecule has 20 heavy (non-hydrogen) atoms. The first kappa shape index (κ1) is 17.8. The van der Waals surface area contributed by atoms with Gasteiger partial charge < -0.3 is 5.32 Å². The summed E-state index contributed by atoms with van der Waals surface area (Å²) in [5.74, 6) is 0.992. The van der Waals surface area contributed by atoms with E-state index in [1.807, 2.05) is 0 Å². The van der Waals surface area contributed by atoms with Gasteiger partial charge in [0.15, 0.2) is 0 Å². The van der Waals surface area contributed by atoms with Crippen molar-refractivity contribution in [3.63, 3.8) is 0 Å². The molecule has 3 rings (SSSR count). The van der Waals surface area contributed by atoms with Gasteiger partial charge in [-0.25, -0.2) is 0 Å². The van der Waals surface area contributed by atoms with Gasteiger partial charge in [0.2, 0.25) is 0 Å². The van der Waals surface area contributed by atoms with Crippen LogP contribution in [-0.4, -0.2) is 31.1 Å². The molecule has 0 radical (unpaired) electrons. The number of benzene rings is 1. The van der Waals surface area contributed by atoms with Crippen molar-refractivity contribution in [2.24, 2.45) is 5.92 Å². The molecule has 0 aromatic heterocycles. The Morgan fingerprint density at radius 2 is 1.70 bits per heavy atom. The third-order valence-electron chi connectivity index (χ3n) is 4.31. The first-order valence-electron chi connectivity index (χ1n) is 7.34. The number of rotatable bonds is 4. The number of aryl methyl sites for hydroxylation is 1. The average Bonchev–Trinajstić information content (AvgIpc) is 3.22. The Morgan fingerprint density at radius 1 is 1.10 bits per heavy atom. The Bertz CT molecular complexity index is 384. The lowest BCUT2D eigenvalue weighted by atomic mass is 9.98. The van der Waals surface area contributed by atoms with Crippen LogP contribution < -0.4 is 5.32 Å². The molecule has 0 spiro atoms. The van der Waals surface area contributed by atoms with E-state index in [2.05, 4.69) is 41.4 Å². The Labute approximate surface area is 135 Å². The van der Waals surface area contributed by atoms with Crippen LogP contribution in [0.25, 0.3) is 0 Å². The van der Waals surface area contributed by atoms with Crippen LogP contribution in [0.3, 0.4) is 0 Å². The highest BCUT2D eigenvalue weighted by Gasteiger charge is 2.30. The molecule has 1 aromatic rings. The molecule has 2 nitrogen and oxygen atoms in total. The van der Waals surface area contributed by atoms with Gasteiger partial charge in [-0.05, 0) is 24.8 Å². The Balaban J connectivity index is 0.000001000. The fourth-order valence-corrected chi connectivity index (χ4v) is 2.95. The van der Waals surface area contributed by atoms with Crippen molar-refractivity contribution in [3.8, 4) is 0 Å². The maximum Gasteiger partial charge on any atom is 0.0351 e. The number of hydrogen-bond donors (Lipinski definition) is 1. The van der Waals surface area contributed by atoms with Crippen LogP contribution >= 0.6 is 24.8 Å². The fourth-order valence-electron chi connectivity index (χ4n) is 2.95. The lowest BCUT2D eigenvalue weighted by Crippen LogP contribution is -2.45. The van der Waals surface area contributed by atoms with Gasteiger partial charge in [-0.3, -0.25) is 4.90 Å². The van der Waals surface area contributed by atoms with Gasteiger partial charge in [-0.1, -0.05) is 42.7 Å². The summed E-state index contributed by atoms with van der Waals surface area (Å²) < 4.78 is 0. The van der Waals surface area contributed by atoms with Crippen molar-refractivity contribution >= 4 is 24.8 Å². The van der Waals surface area contributed by atoms with Crippen LogP contribution in [0.4, 0.5) is 0 Å². The number of halogens is 2. The summed E-state index contributed by atoms with van der Waals surface area (Å²) in [6.07, 6.45) is 4.27. The lowest BCUT2D eigenvalue weighted by Gasteiger charge is -2.35. The topological polar surface area (TPSA) is 15.3 Å². The molecule has 114 valence electrons. The molecule has 1 aromatic carbocycles. The van der Waals surface area contributed by atoms with E-state index in [1.165, 1.54) is 43.5 Å². The monoisotopic (exact) mass is 316 g/mol. The molecule has 4 heteroatoms. The summed E-state index contributed by atoms with van der Waals surface area (Å²) >= 11 is 0. The summed E-state index contributed by atoms with van der Waals surface area (Å²) in [4.78, 5) is 2.68. The maximum absolute atomic E-state index is 3.46. The van der Waals surface area contributed by atoms with E-state index in [0.717, 1.165) is 19.0 Å². The quantitative estimate of drug-likeness (QED) is 0.913. The molecular formula is C16H26Cl2N2. The minimum absolute atomic E-state index is 0. The number of nitrogens with zero attached hydrogens (tertiary/aromatic N) is 1. The highest BCUT2D eigenvalue weighted by atomic mass is 35.5. The van der Waals surface area contributed by atoms with E-state index in [4.69, 9.17) is 0 Å². The predicted molar refractivity (Wildman–Crippen MR) is 90.2 cm³/mol. The number of piperazine rings is 1. The largest absolute Gasteiger partial charge is 0.314 e. The molecular weight excluding hydrogens is 291 g/mol. The van der Waals surface area contributed by atoms with Crippen LogP contribution in [0.2, 0.25) is 0 Å². The van der Waals surface area contributed by atoms with Crippen molar-refractivity contribution in [2.75, 3.05) is 26.2 Å². The van der Waals surface area contributed by atoms with E-state index >= 15 is 0 Å². The first-order valence-corrected chi connectivity index (χ1v) is 7.34. The smallest absolute Gasteiger partial charge is 0.0351 e. The third-order valence-corrected chi connectivity index (χ3v) is 4.31. The van der Waals surface area contributed by atoms with Gasteiger partial charge in [0.25, 0.3) is 0 Å². The molecule has 2 fully saturated rings. The third kappa shape index (κ3) is 4.63. The standard InChI is InChI=1S/C16H24N2.2ClH/c1-13-2-6-15(7-3-13)16(12-14-4-5-14)18-10-8-17-9-11-18;;/h2-3,6-7,14,16-17H,4-5,8-12H2,1H3;2*1H/t16-;;/m0../s1. The zero-order valence-electron chi connectivity index (χ0n) is 12.2. The van der Waals surface area contributed by atoms with Crippen LogP contribution in [0.5, 0.6) is 0 Å². The van der Waals surface area contributed by atoms with Crippen molar-refractivity contribution in [3.05, 3.63) is 35.4 Å². The Hall–Kier alpha value is -0.280. The van der Waals surface area contributed by atoms with Gasteiger partial charge in [-0.15, -0.1) is 24.8 Å². The second kappa shape index (κ2) is 8.23. The summed E-state index contributed by atoms with van der Waals surface area (Å²) in [7, 11) is 0. The summed E-state index contributed by atoms with van der Waals surface area (Å²) in [5, 5.41) is 3.46. The van der Waals surface area contributed by atoms with Gasteiger partial charge in [0.1, 0.15) is 0 Å². The van der Waals surface area contributed by atoms with Crippen molar-refractivity contribution in [2.45, 2.75) is 32.2 Å². The SMILES string of the molecule is Cc1ccc([C@H](CC2CC2)N2CCNCC2)cc1.Cl.Cl. The van der Waals surface area contributed by atoms with Crippen molar-refractivity contribution in [1.29, 1.82) is 0 Å². The van der Waals surface area contributed by atoms with Crippen molar-refractivity contribution in [1.82, 2.24) is 10.2 Å². The molecule has 0 bridgehead atoms. The number of nitrogens with one attached hydrogen (secondary N) is 1. The van der Waals surface area contributed by atoms with Gasteiger partial charge >= 0.3 is 0 Å². The normalized spacial score (nSPS) is 20.6. The summed E-state index contributed by atoms with van der Waals surface area (Å²) in [5.41, 5.74) is 2.89. The molecule has 1 aliphatic carbocycles. The Morgan fingerprint density at radius 3 is 2.25 bits per heavy atom. The number of hydrogen-bond acceptors (Lipinski definition) is 2. The first-order chi connectivity index (χ1) is 8.83. The highest BCUT2D eigenvalue weighted by molar-refractivity contribution is 5.85. The van der Waals surface area contributed by atoms with Gasteiger partial charge in [0, 0.05) is 32.2 Å². The maximum atomic E-state index is 3.46. The van der Waals surface area contributed by atoms with Crippen LogP contribution in [0.1, 0.15) is 36.4 Å². The van der Waals surface area contributed by atoms with Gasteiger partial charge in [0.05, 0.1) is 0 Å². The van der Waals surface area contributed by atoms with E-state index in [9.17, 15) is 0 Å². The van der Waals surface area contributed by atoms with E-state index < -0.39 is 0 Å². The minimum Gasteiger partial charge on any atom is -0.314 e. The van der Waals surface area contributed by atoms with E-state index in [1.54, 1.807) is 0 Å². The minimum atomic E-state index is 0. The lowest BCUT2D eigenvalue weighted by molar-refractivity contribution is 0.160. The van der Waals surface area contributed by atoms with Crippen molar-refractivity contribution < 1.29 is 0 Å². The fraction of sp³-hybridized carbons (Fsp3) is 0.625. The molecule has 1 heterocycles. The van der Waals surface area contributed by atoms with E-state index in [0.29, 0.717) is 6.04 Å². The average molecular weight is 317 g/mol. The molecule has 1 N–H and O–H groups in total. The molecule has 1 saturated carbocycles. The highest BCUT2D eigenvalue weighted by Crippen LogP contribution is 2.40. The van der Waals surface area contributed by atoms with E-state index in [-0.39, 0.29) is 24.8 Å². The molecule has 1 atom stereocenters. The molecule has 0 amide bonds. The second-order valence-corrected chi connectivity index (χ2v) is 5.89. The predicted octanol–water partition coefficient (Wildman–Crippen LogP) is 3.59. The van der Waals surface area contributed by atoms with Crippen LogP contribution in [0, 0.1) is 12.8 Å². The second-order valence-electron chi connectivity index (χ2n) is 5.89. The molecule has 1 aliphatic heterocycles. The molecule has 2 aliphatic rings. The molecule has 0 unspecified atom stereocenters. The zero-order valence-corrected chi connectivity index (χ0v) is 13.8. The Kier molecular flexibility index (Phi) is 7.32. The summed E-state index contributed by atoms with van der Waals surface area (Å²) in [6.45, 7) is 6.86.